The fraction of sp³-hybridized carbons (Fsp3) is 0.958. The third-order valence-corrected chi connectivity index (χ3v) is 8.48. The molecule has 43 heavy (non-hydrogen) atoms. The van der Waals surface area contributed by atoms with E-state index in [2.05, 4.69) is 15.6 Å². The Balaban J connectivity index is 1.39. The third-order valence-electron chi connectivity index (χ3n) is 8.48. The van der Waals surface area contributed by atoms with Crippen LogP contribution in [0.15, 0.2) is 4.99 Å². The minimum absolute atomic E-state index is 0.102. The number of nitrogens with one attached hydrogen (secondary N) is 2. The molecule has 1 aliphatic carbocycles. The first-order chi connectivity index (χ1) is 20.4. The highest BCUT2D eigenvalue weighted by Crippen LogP contribution is 2.35. The van der Waals surface area contributed by atoms with Gasteiger partial charge in [0.15, 0.2) is 24.8 Å². The summed E-state index contributed by atoms with van der Waals surface area (Å²) in [5.74, 6) is -0.102. The van der Waals surface area contributed by atoms with Crippen LogP contribution in [0.3, 0.4) is 0 Å². The molecule has 0 amide bonds. The van der Waals surface area contributed by atoms with E-state index in [9.17, 15) is 30.6 Å². The largest absolute Gasteiger partial charge is 0.394 e. The summed E-state index contributed by atoms with van der Waals surface area (Å²) in [6.07, 6.45) is -13.9. The Hall–Kier alpha value is -1.37. The summed E-state index contributed by atoms with van der Waals surface area (Å²) in [7, 11) is 1.55. The topological polar surface area (TPSA) is 334 Å². The number of likely N-dealkylation sites (N-methyl/N-ethyl adjacent to an activating group) is 1. The van der Waals surface area contributed by atoms with Crippen LogP contribution in [0, 0.1) is 0 Å². The zero-order valence-corrected chi connectivity index (χ0v) is 23.9. The Bertz CT molecular complexity index is 921. The van der Waals surface area contributed by atoms with Crippen LogP contribution in [-0.4, -0.2) is 167 Å². The van der Waals surface area contributed by atoms with E-state index >= 15 is 0 Å². The molecular formula is C24H48N8O11. The Morgan fingerprint density at radius 3 is 2.16 bits per heavy atom. The monoisotopic (exact) mass is 624 g/mol. The van der Waals surface area contributed by atoms with E-state index in [1.807, 2.05) is 0 Å². The zero-order chi connectivity index (χ0) is 31.6. The molecule has 3 heterocycles. The van der Waals surface area contributed by atoms with Gasteiger partial charge < -0.3 is 93.6 Å². The van der Waals surface area contributed by atoms with E-state index in [1.54, 1.807) is 7.05 Å². The summed E-state index contributed by atoms with van der Waals surface area (Å²) < 4.78 is 29.7. The molecule has 19 nitrogen and oxygen atoms in total. The van der Waals surface area contributed by atoms with Crippen molar-refractivity contribution in [2.24, 2.45) is 33.7 Å². The van der Waals surface area contributed by atoms with Gasteiger partial charge >= 0.3 is 0 Å². The number of fused-ring (bicyclic) bond motifs is 1. The molecule has 17 atom stereocenters. The fourth-order valence-corrected chi connectivity index (χ4v) is 6.09. The number of nitrogens with zero attached hydrogens (tertiary/aromatic N) is 1. The first-order valence-electron chi connectivity index (χ1n) is 14.4. The van der Waals surface area contributed by atoms with Gasteiger partial charge in [0.1, 0.15) is 42.7 Å². The average Bonchev–Trinajstić information content (AvgIpc) is 2.96. The molecule has 4 fully saturated rings. The highest BCUT2D eigenvalue weighted by molar-refractivity contribution is 5.75. The number of hydrogen-bond acceptors (Lipinski definition) is 17. The molecule has 3 aliphatic heterocycles. The average molecular weight is 625 g/mol. The summed E-state index contributed by atoms with van der Waals surface area (Å²) in [6.45, 7) is -0.0875. The molecule has 3 saturated heterocycles. The number of aliphatic hydroxyl groups is 6. The van der Waals surface area contributed by atoms with Crippen molar-refractivity contribution in [2.75, 3.05) is 26.7 Å². The molecule has 11 unspecified atom stereocenters. The quantitative estimate of drug-likeness (QED) is 0.0609. The molecule has 0 aromatic rings. The summed E-state index contributed by atoms with van der Waals surface area (Å²) in [5.41, 5.74) is 28.9. The summed E-state index contributed by atoms with van der Waals surface area (Å²) >= 11 is 0. The molecule has 0 bridgehead atoms. The van der Waals surface area contributed by atoms with Crippen molar-refractivity contribution in [1.29, 1.82) is 0 Å². The molecule has 4 aliphatic rings. The van der Waals surface area contributed by atoms with Crippen LogP contribution in [0.2, 0.25) is 0 Å². The van der Waals surface area contributed by atoms with Gasteiger partial charge in [0, 0.05) is 18.6 Å². The molecule has 4 rings (SSSR count). The van der Waals surface area contributed by atoms with Crippen molar-refractivity contribution in [3.05, 3.63) is 0 Å². The maximum atomic E-state index is 11.3. The highest BCUT2D eigenvalue weighted by atomic mass is 16.8. The minimum atomic E-state index is -1.56. The van der Waals surface area contributed by atoms with Crippen molar-refractivity contribution in [3.8, 4) is 0 Å². The van der Waals surface area contributed by atoms with Gasteiger partial charge in [-0.25, -0.2) is 0 Å². The number of hydrogen-bond donors (Lipinski definition) is 13. The molecule has 0 spiro atoms. The fourth-order valence-electron chi connectivity index (χ4n) is 6.09. The Morgan fingerprint density at radius 1 is 0.791 bits per heavy atom. The van der Waals surface area contributed by atoms with Crippen molar-refractivity contribution < 1.29 is 54.3 Å². The van der Waals surface area contributed by atoms with Gasteiger partial charge in [-0.2, -0.15) is 0 Å². The van der Waals surface area contributed by atoms with Gasteiger partial charge in [0.25, 0.3) is 0 Å². The van der Waals surface area contributed by atoms with E-state index in [0.717, 1.165) is 0 Å². The number of aliphatic imine (C=N–C) groups is 1. The molecule has 250 valence electrons. The first kappa shape index (κ1) is 34.5. The molecule has 18 N–H and O–H groups in total. The van der Waals surface area contributed by atoms with Crippen molar-refractivity contribution in [2.45, 2.75) is 117 Å². The first-order valence-corrected chi connectivity index (χ1v) is 14.4. The van der Waals surface area contributed by atoms with Crippen LogP contribution < -0.4 is 39.3 Å². The van der Waals surface area contributed by atoms with E-state index < -0.39 is 111 Å². The van der Waals surface area contributed by atoms with Gasteiger partial charge in [-0.1, -0.05) is 0 Å². The van der Waals surface area contributed by atoms with Crippen molar-refractivity contribution >= 4 is 5.96 Å². The lowest BCUT2D eigenvalue weighted by molar-refractivity contribution is -0.373. The molecule has 0 aromatic heterocycles. The minimum Gasteiger partial charge on any atom is -0.394 e. The lowest BCUT2D eigenvalue weighted by Crippen LogP contribution is -2.70. The van der Waals surface area contributed by atoms with Gasteiger partial charge in [-0.3, -0.25) is 4.99 Å². The number of ether oxygens (including phenoxy) is 5. The van der Waals surface area contributed by atoms with E-state index in [4.69, 9.17) is 52.4 Å². The summed E-state index contributed by atoms with van der Waals surface area (Å²) in [5, 5.41) is 69.4. The molecule has 0 aromatic carbocycles. The standard InChI is InChI=1S/C24H48N8O11/c1-30-13-16(36)20-10(5-9(27)21(42-20)41-19-8(26)4-7(25)14(34)17(19)37)39-22(13)43-23-18(38)15(35)12(11(6-33)40-23)31-2-3-32-24(28)29/h7-23,30-31,33-38H,2-6,25-27H2,1H3,(H4,28,29,32)/t7-,8?,9?,10+,11?,12-,13?,14?,15?,16?,17?,18?,19-,20?,21+,22?,23-/m1/s1. The SMILES string of the molecule is CNC1C(O[C@H]2OC(CO)[C@@H](NCCN=C(N)N)C(O)C2O)O[C@H]2CC(N)[C@@H](O[C@@H]3C(N)C[C@@H](N)C(O)C3O)OC2C1O. The van der Waals surface area contributed by atoms with Crippen LogP contribution in [0.1, 0.15) is 12.8 Å². The number of aliphatic hydroxyl groups excluding tert-OH is 6. The van der Waals surface area contributed by atoms with E-state index in [1.165, 1.54) is 0 Å². The van der Waals surface area contributed by atoms with Crippen LogP contribution in [-0.2, 0) is 23.7 Å². The van der Waals surface area contributed by atoms with E-state index in [-0.39, 0.29) is 31.9 Å². The summed E-state index contributed by atoms with van der Waals surface area (Å²) in [4.78, 5) is 3.84. The maximum absolute atomic E-state index is 11.3. The molecule has 0 radical (unpaired) electrons. The van der Waals surface area contributed by atoms with E-state index in [0.29, 0.717) is 0 Å². The number of guanidine groups is 1. The van der Waals surface area contributed by atoms with Crippen LogP contribution in [0.5, 0.6) is 0 Å². The molecule has 1 saturated carbocycles. The van der Waals surface area contributed by atoms with Crippen LogP contribution in [0.4, 0.5) is 0 Å². The van der Waals surface area contributed by atoms with Gasteiger partial charge in [-0.05, 0) is 19.9 Å². The van der Waals surface area contributed by atoms with Crippen molar-refractivity contribution in [1.82, 2.24) is 10.6 Å². The maximum Gasteiger partial charge on any atom is 0.189 e. The van der Waals surface area contributed by atoms with Crippen LogP contribution in [0.25, 0.3) is 0 Å². The predicted octanol–water partition coefficient (Wildman–Crippen LogP) is -8.05. The molecular weight excluding hydrogens is 576 g/mol. The van der Waals surface area contributed by atoms with Crippen LogP contribution >= 0.6 is 0 Å². The third kappa shape index (κ3) is 7.55. The Labute approximate surface area is 248 Å². The predicted molar refractivity (Wildman–Crippen MR) is 148 cm³/mol. The highest BCUT2D eigenvalue weighted by Gasteiger charge is 2.54. The Morgan fingerprint density at radius 2 is 1.51 bits per heavy atom. The second-order valence-corrected chi connectivity index (χ2v) is 11.5. The smallest absolute Gasteiger partial charge is 0.189 e. The Kier molecular flexibility index (Phi) is 11.9. The second-order valence-electron chi connectivity index (χ2n) is 11.5. The zero-order valence-electron chi connectivity index (χ0n) is 23.9. The van der Waals surface area contributed by atoms with Gasteiger partial charge in [0.05, 0.1) is 43.5 Å². The normalized spacial score (nSPS) is 48.8. The summed E-state index contributed by atoms with van der Waals surface area (Å²) in [6, 6.07) is -3.96. The lowest BCUT2D eigenvalue weighted by Gasteiger charge is -2.51. The van der Waals surface area contributed by atoms with Gasteiger partial charge in [0.2, 0.25) is 0 Å². The number of rotatable bonds is 10. The second kappa shape index (κ2) is 14.8. The van der Waals surface area contributed by atoms with Crippen molar-refractivity contribution in [3.63, 3.8) is 0 Å². The number of nitrogens with two attached hydrogens (primary N) is 5. The lowest BCUT2D eigenvalue weighted by atomic mass is 9.84. The van der Waals surface area contributed by atoms with Gasteiger partial charge in [-0.15, -0.1) is 0 Å². The molecule has 19 heteroatoms.